The molecule has 0 aromatic carbocycles. The van der Waals surface area contributed by atoms with Gasteiger partial charge in [-0.25, -0.2) is 5.57 Å². The summed E-state index contributed by atoms with van der Waals surface area (Å²) < 4.78 is 0. The molecule has 1 radical (unpaired) electrons. The number of rotatable bonds is 4. The molecular weight excluding hydrogens is 354 g/mol. The van der Waals surface area contributed by atoms with E-state index < -0.39 is 0 Å². The molecule has 0 aromatic rings. The van der Waals surface area contributed by atoms with Gasteiger partial charge in [-0.2, -0.15) is 11.6 Å². The molecule has 0 amide bonds. The standard InChI is InChI=1S/C16H21.2ClH.Zr/c1-4-5-9-14-10-7-12-16(14,3)15-11-6-8-13(15)2;;;/h7,10-12H,4-6,9H2,1-3H3;2*1H;/q-1;;;+3/p-2. The minimum Gasteiger partial charge on any atom is -1.00 e. The van der Waals surface area contributed by atoms with E-state index in [4.69, 9.17) is 0 Å². The van der Waals surface area contributed by atoms with Crippen LogP contribution >= 0.6 is 0 Å². The average Bonchev–Trinajstić information content (AvgIpc) is 2.83. The molecule has 1 unspecified atom stereocenters. The van der Waals surface area contributed by atoms with Crippen molar-refractivity contribution >= 4 is 0 Å². The van der Waals surface area contributed by atoms with Crippen LogP contribution in [0, 0.1) is 11.5 Å². The van der Waals surface area contributed by atoms with E-state index in [0.29, 0.717) is 0 Å². The van der Waals surface area contributed by atoms with Crippen molar-refractivity contribution < 1.29 is 51.0 Å². The Morgan fingerprint density at radius 2 is 2.00 bits per heavy atom. The Bertz CT molecular complexity index is 405. The SMILES string of the molecule is CCCCC1=CC=CC1(C)C1=CC[C-]=C1C.[Cl-].[Cl-].[Zr+3]. The molecule has 0 saturated heterocycles. The van der Waals surface area contributed by atoms with Crippen molar-refractivity contribution in [1.82, 2.24) is 0 Å². The van der Waals surface area contributed by atoms with Crippen LogP contribution in [0.2, 0.25) is 0 Å². The van der Waals surface area contributed by atoms with Crippen LogP contribution in [-0.2, 0) is 26.2 Å². The molecule has 3 heteroatoms. The van der Waals surface area contributed by atoms with Gasteiger partial charge in [0.1, 0.15) is 0 Å². The molecule has 19 heavy (non-hydrogen) atoms. The fraction of sp³-hybridized carbons (Fsp3) is 0.500. The molecular formula is C16H21Cl2Zr. The third-order valence-electron chi connectivity index (χ3n) is 3.83. The van der Waals surface area contributed by atoms with Crippen LogP contribution in [0.3, 0.4) is 0 Å². The van der Waals surface area contributed by atoms with Gasteiger partial charge in [0.15, 0.2) is 0 Å². The maximum Gasteiger partial charge on any atom is 3.00 e. The molecule has 0 aliphatic heterocycles. The molecule has 103 valence electrons. The molecule has 0 saturated carbocycles. The van der Waals surface area contributed by atoms with Crippen molar-refractivity contribution in [3.63, 3.8) is 0 Å². The minimum atomic E-state index is 0. The van der Waals surface area contributed by atoms with Crippen LogP contribution in [0.1, 0.15) is 46.5 Å². The van der Waals surface area contributed by atoms with Gasteiger partial charge in [0.05, 0.1) is 0 Å². The van der Waals surface area contributed by atoms with E-state index in [0.717, 1.165) is 6.42 Å². The minimum absolute atomic E-state index is 0. The van der Waals surface area contributed by atoms with Crippen molar-refractivity contribution in [2.45, 2.75) is 46.5 Å². The van der Waals surface area contributed by atoms with Gasteiger partial charge in [0.2, 0.25) is 0 Å². The largest absolute Gasteiger partial charge is 3.00 e. The summed E-state index contributed by atoms with van der Waals surface area (Å²) in [5.74, 6) is 0. The van der Waals surface area contributed by atoms with E-state index in [1.807, 2.05) is 0 Å². The second-order valence-electron chi connectivity index (χ2n) is 4.98. The first-order valence-electron chi connectivity index (χ1n) is 6.36. The summed E-state index contributed by atoms with van der Waals surface area (Å²) >= 11 is 0. The third kappa shape index (κ3) is 4.45. The van der Waals surface area contributed by atoms with Crippen molar-refractivity contribution in [3.8, 4) is 0 Å². The summed E-state index contributed by atoms with van der Waals surface area (Å²) in [6, 6.07) is 0. The van der Waals surface area contributed by atoms with Crippen molar-refractivity contribution in [2.75, 3.05) is 0 Å². The molecule has 0 fully saturated rings. The van der Waals surface area contributed by atoms with Crippen molar-refractivity contribution in [1.29, 1.82) is 0 Å². The zero-order valence-electron chi connectivity index (χ0n) is 11.9. The molecule has 0 bridgehead atoms. The molecule has 0 N–H and O–H groups in total. The van der Waals surface area contributed by atoms with E-state index in [1.54, 1.807) is 5.57 Å². The topological polar surface area (TPSA) is 0 Å². The Morgan fingerprint density at radius 3 is 2.53 bits per heavy atom. The average molecular weight is 375 g/mol. The van der Waals surface area contributed by atoms with Crippen LogP contribution in [0.15, 0.2) is 41.0 Å². The summed E-state index contributed by atoms with van der Waals surface area (Å²) in [6.45, 7) is 6.79. The monoisotopic (exact) mass is 373 g/mol. The van der Waals surface area contributed by atoms with Crippen LogP contribution in [0.25, 0.3) is 0 Å². The summed E-state index contributed by atoms with van der Waals surface area (Å²) in [5, 5.41) is 0. The maximum absolute atomic E-state index is 3.41. The molecule has 1 atom stereocenters. The fourth-order valence-electron chi connectivity index (χ4n) is 2.77. The molecule has 0 spiro atoms. The maximum atomic E-state index is 3.41. The van der Waals surface area contributed by atoms with Crippen molar-refractivity contribution in [3.05, 3.63) is 47.1 Å². The molecule has 0 nitrogen and oxygen atoms in total. The summed E-state index contributed by atoms with van der Waals surface area (Å²) in [5.41, 5.74) is 4.55. The number of hydrogen-bond acceptors (Lipinski definition) is 0. The van der Waals surface area contributed by atoms with Crippen LogP contribution < -0.4 is 24.8 Å². The fourth-order valence-corrected chi connectivity index (χ4v) is 2.77. The van der Waals surface area contributed by atoms with Gasteiger partial charge in [-0.15, -0.1) is 6.42 Å². The molecule has 0 aromatic heterocycles. The second-order valence-corrected chi connectivity index (χ2v) is 4.98. The molecule has 0 heterocycles. The van der Waals surface area contributed by atoms with Gasteiger partial charge >= 0.3 is 26.2 Å². The van der Waals surface area contributed by atoms with Gasteiger partial charge in [-0.05, 0) is 18.3 Å². The van der Waals surface area contributed by atoms with E-state index >= 15 is 0 Å². The Hall–Kier alpha value is 0.423. The van der Waals surface area contributed by atoms with Gasteiger partial charge in [-0.1, -0.05) is 51.0 Å². The smallest absolute Gasteiger partial charge is 1.00 e. The van der Waals surface area contributed by atoms with Crippen LogP contribution in [0.4, 0.5) is 0 Å². The number of allylic oxidation sites excluding steroid dienone is 8. The first-order valence-corrected chi connectivity index (χ1v) is 6.36. The predicted octanol–water partition coefficient (Wildman–Crippen LogP) is -1.24. The third-order valence-corrected chi connectivity index (χ3v) is 3.83. The Kier molecular flexibility index (Phi) is 10.7. The first kappa shape index (κ1) is 21.7. The number of halogens is 2. The van der Waals surface area contributed by atoms with Gasteiger partial charge in [-0.3, -0.25) is 6.08 Å². The van der Waals surface area contributed by atoms with E-state index in [9.17, 15) is 0 Å². The van der Waals surface area contributed by atoms with Gasteiger partial charge < -0.3 is 24.8 Å². The molecule has 2 aliphatic rings. The van der Waals surface area contributed by atoms with E-state index in [-0.39, 0.29) is 56.4 Å². The Morgan fingerprint density at radius 1 is 1.32 bits per heavy atom. The first-order chi connectivity index (χ1) is 7.68. The van der Waals surface area contributed by atoms with Gasteiger partial charge in [0, 0.05) is 0 Å². The van der Waals surface area contributed by atoms with E-state index in [1.165, 1.54) is 30.4 Å². The quantitative estimate of drug-likeness (QED) is 0.540. The molecule has 2 rings (SSSR count). The summed E-state index contributed by atoms with van der Waals surface area (Å²) in [6.07, 6.45) is 17.4. The Balaban J connectivity index is 0. The second kappa shape index (κ2) is 9.38. The van der Waals surface area contributed by atoms with Crippen molar-refractivity contribution in [2.24, 2.45) is 5.41 Å². The van der Waals surface area contributed by atoms with E-state index in [2.05, 4.69) is 51.2 Å². The zero-order chi connectivity index (χ0) is 11.6. The number of hydrogen-bond donors (Lipinski definition) is 0. The Labute approximate surface area is 149 Å². The molecule has 2 aliphatic carbocycles. The normalized spacial score (nSPS) is 23.6. The summed E-state index contributed by atoms with van der Waals surface area (Å²) in [7, 11) is 0. The predicted molar refractivity (Wildman–Crippen MR) is 70.0 cm³/mol. The summed E-state index contributed by atoms with van der Waals surface area (Å²) in [4.78, 5) is 0. The van der Waals surface area contributed by atoms with Gasteiger partial charge in [0.25, 0.3) is 0 Å². The van der Waals surface area contributed by atoms with Crippen LogP contribution in [-0.4, -0.2) is 0 Å². The van der Waals surface area contributed by atoms with Crippen LogP contribution in [0.5, 0.6) is 0 Å². The number of unbranched alkanes of at least 4 members (excludes halogenated alkanes) is 1. The zero-order valence-corrected chi connectivity index (χ0v) is 15.9.